The van der Waals surface area contributed by atoms with Crippen molar-refractivity contribution in [1.29, 1.82) is 0 Å². The minimum Gasteiger partial charge on any atom is -0.254 e. The minimum absolute atomic E-state index is 0.843. The molecule has 0 aromatic carbocycles. The highest BCUT2D eigenvalue weighted by Crippen LogP contribution is 2.18. The highest BCUT2D eigenvalue weighted by molar-refractivity contribution is 5.80. The van der Waals surface area contributed by atoms with Crippen molar-refractivity contribution in [3.63, 3.8) is 0 Å². The summed E-state index contributed by atoms with van der Waals surface area (Å²) in [6, 6.07) is 30.0. The van der Waals surface area contributed by atoms with E-state index in [2.05, 4.69) is 115 Å². The molecule has 0 amide bonds. The molecule has 10 aromatic heterocycles. The van der Waals surface area contributed by atoms with E-state index in [4.69, 9.17) is 0 Å². The van der Waals surface area contributed by atoms with E-state index in [0.29, 0.717) is 0 Å². The van der Waals surface area contributed by atoms with Crippen molar-refractivity contribution in [3.8, 4) is 0 Å². The van der Waals surface area contributed by atoms with Gasteiger partial charge in [-0.15, -0.1) is 0 Å². The van der Waals surface area contributed by atoms with E-state index in [1.54, 1.807) is 31.0 Å². The third-order valence-corrected chi connectivity index (χ3v) is 9.48. The van der Waals surface area contributed by atoms with E-state index < -0.39 is 0 Å². The van der Waals surface area contributed by atoms with Gasteiger partial charge in [-0.05, 0) is 188 Å². The van der Waals surface area contributed by atoms with Crippen molar-refractivity contribution in [3.05, 3.63) is 178 Å². The van der Waals surface area contributed by atoms with Crippen molar-refractivity contribution in [2.24, 2.45) is 0 Å². The van der Waals surface area contributed by atoms with E-state index in [-0.39, 0.29) is 0 Å². The first-order chi connectivity index (χ1) is 35.9. The number of rotatable bonds is 0. The minimum atomic E-state index is 0.843. The van der Waals surface area contributed by atoms with Gasteiger partial charge in [0.1, 0.15) is 0 Å². The standard InChI is InChI=1S/5C10H10N2.7C2H6/c3*1-7-6-8(2)12-9-4-3-5-11-10(7)9;2*1-7-6-8(2)12-10-9(7)4-3-5-11-10;7*1-2/h5*3-6H,1-2H3;7*1-2H3. The van der Waals surface area contributed by atoms with Crippen LogP contribution in [0.5, 0.6) is 0 Å². The van der Waals surface area contributed by atoms with Gasteiger partial charge < -0.3 is 0 Å². The number of nitrogens with zero attached hydrogens (tertiary/aromatic N) is 10. The molecule has 0 N–H and O–H groups in total. The Morgan fingerprint density at radius 1 is 0.243 bits per heavy atom. The zero-order valence-electron chi connectivity index (χ0n) is 50.0. The second kappa shape index (κ2) is 40.3. The monoisotopic (exact) mass is 1000 g/mol. The molecule has 0 unspecified atom stereocenters. The molecular weight excluding hydrogens is 909 g/mol. The quantitative estimate of drug-likeness (QED) is 0.145. The molecule has 0 atom stereocenters. The van der Waals surface area contributed by atoms with Crippen molar-refractivity contribution >= 4 is 55.2 Å². The molecule has 0 aliphatic heterocycles. The Morgan fingerprint density at radius 3 is 0.730 bits per heavy atom. The predicted molar refractivity (Wildman–Crippen MR) is 324 cm³/mol. The largest absolute Gasteiger partial charge is 0.254 e. The molecule has 0 bridgehead atoms. The van der Waals surface area contributed by atoms with Crippen LogP contribution >= 0.6 is 0 Å². The van der Waals surface area contributed by atoms with Crippen LogP contribution in [0.4, 0.5) is 0 Å². The maximum absolute atomic E-state index is 4.37. The van der Waals surface area contributed by atoms with Crippen LogP contribution in [0.15, 0.2) is 122 Å². The van der Waals surface area contributed by atoms with Gasteiger partial charge >= 0.3 is 0 Å². The topological polar surface area (TPSA) is 129 Å². The van der Waals surface area contributed by atoms with E-state index in [9.17, 15) is 0 Å². The van der Waals surface area contributed by atoms with Crippen LogP contribution in [0.25, 0.3) is 55.2 Å². The summed E-state index contributed by atoms with van der Waals surface area (Å²) < 4.78 is 0. The second-order valence-electron chi connectivity index (χ2n) is 14.8. The third-order valence-electron chi connectivity index (χ3n) is 9.48. The molecule has 0 fully saturated rings. The van der Waals surface area contributed by atoms with Gasteiger partial charge in [0.05, 0.1) is 33.1 Å². The lowest BCUT2D eigenvalue weighted by Crippen LogP contribution is -1.88. The zero-order chi connectivity index (χ0) is 56.8. The number of pyridine rings is 10. The number of fused-ring (bicyclic) bond motifs is 5. The van der Waals surface area contributed by atoms with Gasteiger partial charge in [0, 0.05) is 70.2 Å². The molecule has 10 nitrogen and oxygen atoms in total. The van der Waals surface area contributed by atoms with E-state index in [1.807, 2.05) is 192 Å². The Hall–Kier alpha value is -7.20. The van der Waals surface area contributed by atoms with Gasteiger partial charge in [-0.2, -0.15) is 0 Å². The molecule has 10 aromatic rings. The number of aryl methyl sites for hydroxylation is 10. The molecular formula is C64H92N10. The van der Waals surface area contributed by atoms with Gasteiger partial charge in [0.2, 0.25) is 0 Å². The highest BCUT2D eigenvalue weighted by Gasteiger charge is 2.03. The second-order valence-corrected chi connectivity index (χ2v) is 14.8. The Labute approximate surface area is 447 Å². The van der Waals surface area contributed by atoms with Crippen LogP contribution in [-0.4, -0.2) is 49.8 Å². The molecule has 10 heterocycles. The molecule has 0 saturated heterocycles. The Morgan fingerprint density at radius 2 is 0.459 bits per heavy atom. The average molecular weight is 1000 g/mol. The fourth-order valence-corrected chi connectivity index (χ4v) is 6.95. The molecule has 10 rings (SSSR count). The molecule has 0 saturated carbocycles. The van der Waals surface area contributed by atoms with Crippen LogP contribution in [-0.2, 0) is 0 Å². The molecule has 0 spiro atoms. The van der Waals surface area contributed by atoms with Gasteiger partial charge in [-0.1, -0.05) is 96.9 Å². The predicted octanol–water partition coefficient (Wildman–Crippen LogP) is 18.4. The van der Waals surface area contributed by atoms with Crippen molar-refractivity contribution < 1.29 is 0 Å². The summed E-state index contributed by atoms with van der Waals surface area (Å²) in [6.07, 6.45) is 8.94. The Bertz CT molecular complexity index is 2590. The van der Waals surface area contributed by atoms with E-state index in [1.165, 1.54) is 27.8 Å². The third kappa shape index (κ3) is 22.7. The fraction of sp³-hybridized carbons (Fsp3) is 0.375. The molecule has 0 aliphatic rings. The summed E-state index contributed by atoms with van der Waals surface area (Å²) in [7, 11) is 0. The lowest BCUT2D eigenvalue weighted by atomic mass is 10.1. The van der Waals surface area contributed by atoms with E-state index >= 15 is 0 Å². The Kier molecular flexibility index (Phi) is 37.5. The SMILES string of the molecule is CC.CC.CC.CC.CC.CC.CC.Cc1cc(C)c2cccnc2n1.Cc1cc(C)c2cccnc2n1.Cc1cc(C)c2ncccc2n1.Cc1cc(C)c2ncccc2n1.Cc1cc(C)c2ncccc2n1. The maximum atomic E-state index is 4.37. The smallest absolute Gasteiger partial charge is 0.159 e. The van der Waals surface area contributed by atoms with E-state index in [0.717, 1.165) is 83.6 Å². The van der Waals surface area contributed by atoms with Gasteiger partial charge in [0.15, 0.2) is 11.3 Å². The summed E-state index contributed by atoms with van der Waals surface area (Å²) in [5, 5.41) is 2.28. The fourth-order valence-electron chi connectivity index (χ4n) is 6.95. The molecule has 10 heteroatoms. The summed E-state index contributed by atoms with van der Waals surface area (Å²) in [4.78, 5) is 42.9. The number of hydrogen-bond acceptors (Lipinski definition) is 10. The van der Waals surface area contributed by atoms with Gasteiger partial charge in [-0.3, -0.25) is 29.9 Å². The zero-order valence-corrected chi connectivity index (χ0v) is 50.0. The number of aromatic nitrogens is 10. The van der Waals surface area contributed by atoms with Crippen LogP contribution in [0, 0.1) is 69.2 Å². The summed E-state index contributed by atoms with van der Waals surface area (Å²) >= 11 is 0. The van der Waals surface area contributed by atoms with Crippen LogP contribution in [0.2, 0.25) is 0 Å². The normalized spacial score (nSPS) is 9.08. The van der Waals surface area contributed by atoms with Crippen LogP contribution in [0.3, 0.4) is 0 Å². The first-order valence-electron chi connectivity index (χ1n) is 26.8. The number of hydrogen-bond donors (Lipinski definition) is 0. The highest BCUT2D eigenvalue weighted by atomic mass is 14.8. The van der Waals surface area contributed by atoms with Gasteiger partial charge in [0.25, 0.3) is 0 Å². The summed E-state index contributed by atoms with van der Waals surface area (Å²) in [5.41, 5.74) is 18.9. The van der Waals surface area contributed by atoms with Crippen molar-refractivity contribution in [2.45, 2.75) is 166 Å². The van der Waals surface area contributed by atoms with Crippen molar-refractivity contribution in [1.82, 2.24) is 49.8 Å². The van der Waals surface area contributed by atoms with Crippen LogP contribution < -0.4 is 0 Å². The molecule has 398 valence electrons. The lowest BCUT2D eigenvalue weighted by Gasteiger charge is -2.00. The summed E-state index contributed by atoms with van der Waals surface area (Å²) in [5.74, 6) is 0. The lowest BCUT2D eigenvalue weighted by molar-refractivity contribution is 1.19. The first kappa shape index (κ1) is 68.9. The molecule has 0 radical (unpaired) electrons. The molecule has 0 aliphatic carbocycles. The van der Waals surface area contributed by atoms with Gasteiger partial charge in [-0.25, -0.2) is 19.9 Å². The Balaban J connectivity index is 0. The van der Waals surface area contributed by atoms with Crippen LogP contribution in [0.1, 0.15) is 153 Å². The molecule has 74 heavy (non-hydrogen) atoms. The first-order valence-corrected chi connectivity index (χ1v) is 26.8. The summed E-state index contributed by atoms with van der Waals surface area (Å²) in [6.45, 7) is 48.3. The maximum Gasteiger partial charge on any atom is 0.159 e. The van der Waals surface area contributed by atoms with Crippen molar-refractivity contribution in [2.75, 3.05) is 0 Å². The average Bonchev–Trinajstić information content (AvgIpc) is 3.43.